The lowest BCUT2D eigenvalue weighted by Gasteiger charge is -2.29. The molecule has 0 spiro atoms. The van der Waals surface area contributed by atoms with Crippen LogP contribution in [0.25, 0.3) is 10.9 Å². The normalized spacial score (nSPS) is 16.6. The van der Waals surface area contributed by atoms with Crippen molar-refractivity contribution in [2.24, 2.45) is 5.92 Å². The average Bonchev–Trinajstić information content (AvgIpc) is 2.98. The van der Waals surface area contributed by atoms with Gasteiger partial charge < -0.3 is 20.9 Å². The molecule has 0 unspecified atom stereocenters. The highest BCUT2D eigenvalue weighted by Crippen LogP contribution is 2.29. The van der Waals surface area contributed by atoms with E-state index in [0.29, 0.717) is 45.3 Å². The maximum Gasteiger partial charge on any atom is 0.255 e. The maximum atomic E-state index is 13.0. The first-order valence-corrected chi connectivity index (χ1v) is 14.8. The molecule has 1 aromatic heterocycles. The first-order valence-electron chi connectivity index (χ1n) is 14.1. The zero-order chi connectivity index (χ0) is 29.6. The summed E-state index contributed by atoms with van der Waals surface area (Å²) in [6.45, 7) is 0.609. The molecule has 2 amide bonds. The molecule has 1 aliphatic carbocycles. The van der Waals surface area contributed by atoms with Gasteiger partial charge in [0.25, 0.3) is 5.91 Å². The van der Waals surface area contributed by atoms with Crippen LogP contribution in [-0.4, -0.2) is 48.5 Å². The van der Waals surface area contributed by atoms with Crippen LogP contribution in [0.4, 0.5) is 17.5 Å². The van der Waals surface area contributed by atoms with Crippen LogP contribution in [0.2, 0.25) is 10.0 Å². The van der Waals surface area contributed by atoms with Crippen molar-refractivity contribution in [3.05, 3.63) is 87.9 Å². The quantitative estimate of drug-likeness (QED) is 0.199. The van der Waals surface area contributed by atoms with E-state index in [9.17, 15) is 9.59 Å². The van der Waals surface area contributed by atoms with E-state index >= 15 is 0 Å². The number of nitrogens with one attached hydrogen (secondary N) is 3. The van der Waals surface area contributed by atoms with Crippen LogP contribution in [0.3, 0.4) is 0 Å². The van der Waals surface area contributed by atoms with Gasteiger partial charge in [0.15, 0.2) is 0 Å². The summed E-state index contributed by atoms with van der Waals surface area (Å²) in [7, 11) is 3.98. The lowest BCUT2D eigenvalue weighted by molar-refractivity contribution is -0.120. The Bertz CT molecular complexity index is 1590. The van der Waals surface area contributed by atoms with Crippen molar-refractivity contribution in [1.82, 2.24) is 15.3 Å². The molecule has 1 fully saturated rings. The third-order valence-electron chi connectivity index (χ3n) is 7.57. The van der Waals surface area contributed by atoms with Gasteiger partial charge in [-0.1, -0.05) is 53.5 Å². The van der Waals surface area contributed by atoms with Crippen LogP contribution < -0.4 is 20.9 Å². The molecule has 0 atom stereocenters. The van der Waals surface area contributed by atoms with Crippen molar-refractivity contribution in [1.29, 1.82) is 0 Å². The molecule has 1 aliphatic rings. The average molecular weight is 606 g/mol. The van der Waals surface area contributed by atoms with Gasteiger partial charge in [0.05, 0.1) is 22.6 Å². The van der Waals surface area contributed by atoms with Crippen molar-refractivity contribution < 1.29 is 9.59 Å². The number of carbonyl (C=O) groups excluding carboxylic acids is 2. The van der Waals surface area contributed by atoms with E-state index in [0.717, 1.165) is 42.4 Å². The number of para-hydroxylation sites is 1. The maximum absolute atomic E-state index is 13.0. The van der Waals surface area contributed by atoms with Crippen LogP contribution >= 0.6 is 23.2 Å². The number of anilines is 3. The second kappa shape index (κ2) is 13.4. The molecular formula is C32H34Cl2N6O2. The standard InChI is InChI=1S/C32H34Cl2N6O2/c1-40(2)30-25-9-5-6-10-27(25)38-32(39-30)36-23-14-11-20(12-15-23)19-35-29(41)17-21-7-3-4-8-24(21)31(42)37-28-16-13-22(33)18-26(28)34/h3-10,13,16,18,20,23H,11-12,14-15,17,19H2,1-2H3,(H,35,41)(H,37,42)(H,36,38,39). The van der Waals surface area contributed by atoms with Gasteiger partial charge in [0.1, 0.15) is 5.82 Å². The summed E-state index contributed by atoms with van der Waals surface area (Å²) < 4.78 is 0. The fraction of sp³-hybridized carbons (Fsp3) is 0.312. The van der Waals surface area contributed by atoms with Crippen LogP contribution in [-0.2, 0) is 11.2 Å². The SMILES string of the molecule is CN(C)c1nc(NC2CCC(CNC(=O)Cc3ccccc3C(=O)Nc3ccc(Cl)cc3Cl)CC2)nc2ccccc12. The van der Waals surface area contributed by atoms with Gasteiger partial charge >= 0.3 is 0 Å². The highest BCUT2D eigenvalue weighted by Gasteiger charge is 2.23. The van der Waals surface area contributed by atoms with Gasteiger partial charge in [-0.2, -0.15) is 4.98 Å². The van der Waals surface area contributed by atoms with E-state index in [4.69, 9.17) is 33.2 Å². The second-order valence-corrected chi connectivity index (χ2v) is 11.7. The third-order valence-corrected chi connectivity index (χ3v) is 8.11. The van der Waals surface area contributed by atoms with Crippen LogP contribution in [0, 0.1) is 5.92 Å². The smallest absolute Gasteiger partial charge is 0.255 e. The molecule has 3 N–H and O–H groups in total. The molecule has 3 aromatic carbocycles. The first-order chi connectivity index (χ1) is 20.3. The minimum Gasteiger partial charge on any atom is -0.362 e. The van der Waals surface area contributed by atoms with Crippen molar-refractivity contribution in [3.8, 4) is 0 Å². The van der Waals surface area contributed by atoms with Gasteiger partial charge in [0.2, 0.25) is 11.9 Å². The van der Waals surface area contributed by atoms with Crippen molar-refractivity contribution in [3.63, 3.8) is 0 Å². The predicted octanol–water partition coefficient (Wildman–Crippen LogP) is 6.58. The highest BCUT2D eigenvalue weighted by molar-refractivity contribution is 6.36. The van der Waals surface area contributed by atoms with E-state index < -0.39 is 0 Å². The van der Waals surface area contributed by atoms with Crippen molar-refractivity contribution >= 4 is 63.4 Å². The zero-order valence-electron chi connectivity index (χ0n) is 23.7. The Morgan fingerprint density at radius 3 is 2.43 bits per heavy atom. The molecular weight excluding hydrogens is 571 g/mol. The molecule has 8 nitrogen and oxygen atoms in total. The number of halogens is 2. The molecule has 42 heavy (non-hydrogen) atoms. The Morgan fingerprint density at radius 1 is 0.929 bits per heavy atom. The Hall–Kier alpha value is -3.88. The number of aromatic nitrogens is 2. The number of hydrogen-bond acceptors (Lipinski definition) is 6. The Labute approximate surface area is 255 Å². The molecule has 218 valence electrons. The molecule has 0 radical (unpaired) electrons. The third kappa shape index (κ3) is 7.30. The van der Waals surface area contributed by atoms with E-state index in [-0.39, 0.29) is 24.3 Å². The van der Waals surface area contributed by atoms with Gasteiger partial charge in [-0.3, -0.25) is 9.59 Å². The fourth-order valence-corrected chi connectivity index (χ4v) is 5.78. The molecule has 0 bridgehead atoms. The second-order valence-electron chi connectivity index (χ2n) is 10.9. The molecule has 5 rings (SSSR count). The molecule has 1 heterocycles. The monoisotopic (exact) mass is 604 g/mol. The molecule has 0 aliphatic heterocycles. The van der Waals surface area contributed by atoms with Crippen LogP contribution in [0.15, 0.2) is 66.7 Å². The van der Waals surface area contributed by atoms with Crippen molar-refractivity contribution in [2.75, 3.05) is 36.2 Å². The minimum atomic E-state index is -0.332. The van der Waals surface area contributed by atoms with E-state index in [1.54, 1.807) is 36.4 Å². The summed E-state index contributed by atoms with van der Waals surface area (Å²) in [5, 5.41) is 11.3. The highest BCUT2D eigenvalue weighted by atomic mass is 35.5. The summed E-state index contributed by atoms with van der Waals surface area (Å²) in [4.78, 5) is 37.4. The number of fused-ring (bicyclic) bond motifs is 1. The molecule has 0 saturated heterocycles. The van der Waals surface area contributed by atoms with Gasteiger partial charge in [0, 0.05) is 42.7 Å². The Morgan fingerprint density at radius 2 is 1.67 bits per heavy atom. The van der Waals surface area contributed by atoms with Crippen LogP contribution in [0.5, 0.6) is 0 Å². The van der Waals surface area contributed by atoms with Gasteiger partial charge in [-0.05, 0) is 73.6 Å². The Kier molecular flexibility index (Phi) is 9.45. The summed E-state index contributed by atoms with van der Waals surface area (Å²) >= 11 is 12.2. The van der Waals surface area contributed by atoms with E-state index in [1.807, 2.05) is 49.3 Å². The topological polar surface area (TPSA) is 99.3 Å². The number of rotatable bonds is 9. The number of hydrogen-bond donors (Lipinski definition) is 3. The molecule has 1 saturated carbocycles. The first kappa shape index (κ1) is 29.6. The lowest BCUT2D eigenvalue weighted by Crippen LogP contribution is -2.35. The summed E-state index contributed by atoms with van der Waals surface area (Å²) in [6.07, 6.45) is 4.05. The predicted molar refractivity (Wildman–Crippen MR) is 171 cm³/mol. The number of amides is 2. The van der Waals surface area contributed by atoms with Gasteiger partial charge in [-0.25, -0.2) is 4.98 Å². The Balaban J connectivity index is 1.12. The molecule has 4 aromatic rings. The lowest BCUT2D eigenvalue weighted by atomic mass is 9.86. The fourth-order valence-electron chi connectivity index (χ4n) is 5.33. The molecule has 10 heteroatoms. The van der Waals surface area contributed by atoms with Crippen molar-refractivity contribution in [2.45, 2.75) is 38.1 Å². The summed E-state index contributed by atoms with van der Waals surface area (Å²) in [5.41, 5.74) is 2.46. The largest absolute Gasteiger partial charge is 0.362 e. The van der Waals surface area contributed by atoms with E-state index in [2.05, 4.69) is 16.0 Å². The van der Waals surface area contributed by atoms with Crippen LogP contribution in [0.1, 0.15) is 41.6 Å². The van der Waals surface area contributed by atoms with E-state index in [1.165, 1.54) is 0 Å². The number of carbonyl (C=O) groups is 2. The minimum absolute atomic E-state index is 0.110. The number of benzene rings is 3. The summed E-state index contributed by atoms with van der Waals surface area (Å²) in [6, 6.07) is 20.3. The summed E-state index contributed by atoms with van der Waals surface area (Å²) in [5.74, 6) is 1.50. The number of nitrogens with zero attached hydrogens (tertiary/aromatic N) is 3. The van der Waals surface area contributed by atoms with Gasteiger partial charge in [-0.15, -0.1) is 0 Å². The zero-order valence-corrected chi connectivity index (χ0v) is 25.2.